The van der Waals surface area contributed by atoms with Crippen LogP contribution in [0.4, 0.5) is 0 Å². The lowest BCUT2D eigenvalue weighted by Gasteiger charge is -2.31. The first kappa shape index (κ1) is 20.7. The number of benzene rings is 2. The van der Waals surface area contributed by atoms with E-state index in [0.29, 0.717) is 31.2 Å². The average Bonchev–Trinajstić information content (AvgIpc) is 2.76. The molecule has 6 nitrogen and oxygen atoms in total. The summed E-state index contributed by atoms with van der Waals surface area (Å²) in [6.45, 7) is 0.862. The lowest BCUT2D eigenvalue weighted by molar-refractivity contribution is -0.151. The van der Waals surface area contributed by atoms with E-state index < -0.39 is 5.97 Å². The molecule has 0 aliphatic heterocycles. The first-order valence-electron chi connectivity index (χ1n) is 10.5. The number of fused-ring (bicyclic) bond motifs is 2. The molecule has 1 aliphatic rings. The van der Waals surface area contributed by atoms with Crippen molar-refractivity contribution in [2.75, 3.05) is 13.2 Å². The molecular weight excluding hydrogens is 428 g/mol. The highest BCUT2D eigenvalue weighted by Gasteiger charge is 2.34. The fraction of sp³-hybridized carbons (Fsp3) is 0.240. The van der Waals surface area contributed by atoms with Crippen LogP contribution in [0.2, 0.25) is 5.15 Å². The molecule has 0 unspecified atom stereocenters. The van der Waals surface area contributed by atoms with Gasteiger partial charge in [-0.25, -0.2) is 4.98 Å². The maximum absolute atomic E-state index is 10.8. The van der Waals surface area contributed by atoms with E-state index in [-0.39, 0.29) is 12.0 Å². The number of ether oxygens (including phenoxy) is 2. The summed E-state index contributed by atoms with van der Waals surface area (Å²) in [5.41, 5.74) is 2.55. The normalized spacial score (nSPS) is 17.9. The molecule has 0 atom stereocenters. The molecule has 1 fully saturated rings. The van der Waals surface area contributed by atoms with Crippen LogP contribution in [0.15, 0.2) is 60.8 Å². The summed E-state index contributed by atoms with van der Waals surface area (Å²) < 4.78 is 11.5. The van der Waals surface area contributed by atoms with Gasteiger partial charge in [0.05, 0.1) is 29.8 Å². The van der Waals surface area contributed by atoms with E-state index >= 15 is 0 Å². The Morgan fingerprint density at radius 1 is 1.00 bits per heavy atom. The lowest BCUT2D eigenvalue weighted by Crippen LogP contribution is -2.36. The second-order valence-corrected chi connectivity index (χ2v) is 8.32. The maximum Gasteiger partial charge on any atom is 0.306 e. The Morgan fingerprint density at radius 3 is 2.62 bits per heavy atom. The third-order valence-corrected chi connectivity index (χ3v) is 6.02. The molecule has 0 amide bonds. The molecule has 7 heteroatoms. The Morgan fingerprint density at radius 2 is 1.78 bits per heavy atom. The minimum Gasteiger partial charge on any atom is -0.491 e. The van der Waals surface area contributed by atoms with Gasteiger partial charge in [0.2, 0.25) is 0 Å². The predicted molar refractivity (Wildman–Crippen MR) is 123 cm³/mol. The van der Waals surface area contributed by atoms with E-state index in [1.165, 1.54) is 0 Å². The summed E-state index contributed by atoms with van der Waals surface area (Å²) in [4.78, 5) is 19.8. The predicted octanol–water partition coefficient (Wildman–Crippen LogP) is 5.36. The van der Waals surface area contributed by atoms with Crippen LogP contribution < -0.4 is 4.74 Å². The highest BCUT2D eigenvalue weighted by atomic mass is 35.5. The summed E-state index contributed by atoms with van der Waals surface area (Å²) >= 11 is 6.11. The van der Waals surface area contributed by atoms with Gasteiger partial charge in [0.1, 0.15) is 17.5 Å². The van der Waals surface area contributed by atoms with E-state index in [9.17, 15) is 4.79 Å². The van der Waals surface area contributed by atoms with Crippen molar-refractivity contribution in [3.63, 3.8) is 0 Å². The summed E-state index contributed by atoms with van der Waals surface area (Å²) in [5.74, 6) is -0.234. The zero-order chi connectivity index (χ0) is 22.1. The van der Waals surface area contributed by atoms with Gasteiger partial charge in [-0.1, -0.05) is 29.8 Å². The van der Waals surface area contributed by atoms with Gasteiger partial charge in [-0.05, 0) is 60.0 Å². The maximum atomic E-state index is 10.8. The van der Waals surface area contributed by atoms with Crippen molar-refractivity contribution in [2.45, 2.75) is 18.9 Å². The quantitative estimate of drug-likeness (QED) is 0.302. The zero-order valence-electron chi connectivity index (χ0n) is 17.2. The fourth-order valence-corrected chi connectivity index (χ4v) is 4.12. The summed E-state index contributed by atoms with van der Waals surface area (Å²) in [6.07, 6.45) is 2.98. The number of hydrogen-bond donors (Lipinski definition) is 1. The standard InChI is InChI=1S/C25H21ClN2O4/c26-22-6-4-15-7-8-27-23(24(15)28-22)18-2-1-17-12-20(5-3-16(17)11-18)31-9-10-32-21-13-19(14-21)25(29)30/h1-8,11-12,19,21H,9-10,13-14H2,(H,29,30)/t19-,21+. The largest absolute Gasteiger partial charge is 0.491 e. The number of aliphatic carboxylic acids is 1. The van der Waals surface area contributed by atoms with Gasteiger partial charge >= 0.3 is 5.97 Å². The molecule has 1 saturated carbocycles. The van der Waals surface area contributed by atoms with E-state index in [0.717, 1.165) is 38.7 Å². The number of halogens is 1. The minimum atomic E-state index is -0.739. The van der Waals surface area contributed by atoms with Gasteiger partial charge in [-0.15, -0.1) is 0 Å². The van der Waals surface area contributed by atoms with Crippen molar-refractivity contribution in [3.05, 3.63) is 65.9 Å². The molecule has 1 N–H and O–H groups in total. The van der Waals surface area contributed by atoms with Gasteiger partial charge in [0.15, 0.2) is 0 Å². The van der Waals surface area contributed by atoms with Crippen molar-refractivity contribution >= 4 is 39.2 Å². The molecule has 0 bridgehead atoms. The molecular formula is C25H21ClN2O4. The van der Waals surface area contributed by atoms with E-state index in [4.69, 9.17) is 26.2 Å². The van der Waals surface area contributed by atoms with Crippen LogP contribution in [0.25, 0.3) is 32.9 Å². The SMILES string of the molecule is O=C(O)[C@H]1C[C@@H](OCCOc2ccc3cc(-c4nccc5ccc(Cl)nc45)ccc3c2)C1. The zero-order valence-corrected chi connectivity index (χ0v) is 18.0. The molecule has 32 heavy (non-hydrogen) atoms. The smallest absolute Gasteiger partial charge is 0.306 e. The Labute approximate surface area is 189 Å². The number of pyridine rings is 2. The van der Waals surface area contributed by atoms with Crippen molar-refractivity contribution in [2.24, 2.45) is 5.92 Å². The number of carbonyl (C=O) groups is 1. The molecule has 2 aromatic carbocycles. The Bertz CT molecular complexity index is 1300. The van der Waals surface area contributed by atoms with Crippen molar-refractivity contribution in [1.29, 1.82) is 0 Å². The van der Waals surface area contributed by atoms with Crippen LogP contribution in [0.5, 0.6) is 5.75 Å². The van der Waals surface area contributed by atoms with Crippen molar-refractivity contribution in [1.82, 2.24) is 9.97 Å². The molecule has 2 aromatic heterocycles. The average molecular weight is 449 g/mol. The summed E-state index contributed by atoms with van der Waals surface area (Å²) in [7, 11) is 0. The number of nitrogens with zero attached hydrogens (tertiary/aromatic N) is 2. The first-order valence-corrected chi connectivity index (χ1v) is 10.9. The number of aromatic nitrogens is 2. The highest BCUT2D eigenvalue weighted by Crippen LogP contribution is 2.31. The Hall–Kier alpha value is -3.22. The van der Waals surface area contributed by atoms with Gasteiger partial charge in [0, 0.05) is 17.1 Å². The molecule has 2 heterocycles. The molecule has 4 aromatic rings. The second kappa shape index (κ2) is 8.73. The summed E-state index contributed by atoms with van der Waals surface area (Å²) in [6, 6.07) is 17.7. The highest BCUT2D eigenvalue weighted by molar-refractivity contribution is 6.29. The molecule has 162 valence electrons. The molecule has 0 saturated heterocycles. The summed E-state index contributed by atoms with van der Waals surface area (Å²) in [5, 5.41) is 12.5. The molecule has 1 aliphatic carbocycles. The van der Waals surface area contributed by atoms with Gasteiger partial charge in [0.25, 0.3) is 0 Å². The van der Waals surface area contributed by atoms with Crippen LogP contribution in [0.3, 0.4) is 0 Å². The number of carboxylic acids is 1. The van der Waals surface area contributed by atoms with E-state index in [1.807, 2.05) is 42.5 Å². The number of hydrogen-bond acceptors (Lipinski definition) is 5. The molecule has 5 rings (SSSR count). The van der Waals surface area contributed by atoms with E-state index in [2.05, 4.69) is 16.0 Å². The monoisotopic (exact) mass is 448 g/mol. The van der Waals surface area contributed by atoms with Gasteiger partial charge < -0.3 is 14.6 Å². The topological polar surface area (TPSA) is 81.5 Å². The first-order chi connectivity index (χ1) is 15.6. The van der Waals surface area contributed by atoms with Crippen LogP contribution in [-0.4, -0.2) is 40.4 Å². The van der Waals surface area contributed by atoms with Crippen LogP contribution in [0, 0.1) is 5.92 Å². The fourth-order valence-electron chi connectivity index (χ4n) is 3.97. The second-order valence-electron chi connectivity index (χ2n) is 7.94. The minimum absolute atomic E-state index is 0.0294. The van der Waals surface area contributed by atoms with Crippen molar-refractivity contribution in [3.8, 4) is 17.0 Å². The van der Waals surface area contributed by atoms with Gasteiger partial charge in [-0.3, -0.25) is 9.78 Å². The number of carboxylic acid groups (broad SMARTS) is 1. The van der Waals surface area contributed by atoms with Crippen LogP contribution >= 0.6 is 11.6 Å². The number of rotatable bonds is 7. The van der Waals surface area contributed by atoms with Crippen LogP contribution in [-0.2, 0) is 9.53 Å². The van der Waals surface area contributed by atoms with Crippen molar-refractivity contribution < 1.29 is 19.4 Å². The van der Waals surface area contributed by atoms with Crippen LogP contribution in [0.1, 0.15) is 12.8 Å². The van der Waals surface area contributed by atoms with Gasteiger partial charge in [-0.2, -0.15) is 0 Å². The lowest BCUT2D eigenvalue weighted by atomic mass is 9.82. The Kier molecular flexibility index (Phi) is 5.64. The third kappa shape index (κ3) is 4.24. The molecule has 0 spiro atoms. The molecule has 0 radical (unpaired) electrons. The third-order valence-electron chi connectivity index (χ3n) is 5.81. The Balaban J connectivity index is 1.26. The van der Waals surface area contributed by atoms with E-state index in [1.54, 1.807) is 12.3 Å².